The van der Waals surface area contributed by atoms with E-state index in [4.69, 9.17) is 4.18 Å². The Bertz CT molecular complexity index is 397. The Balaban J connectivity index is 1.93. The summed E-state index contributed by atoms with van der Waals surface area (Å²) >= 11 is 0. The third kappa shape index (κ3) is 3.04. The highest BCUT2D eigenvalue weighted by Gasteiger charge is 2.24. The molecule has 0 bridgehead atoms. The summed E-state index contributed by atoms with van der Waals surface area (Å²) in [5.41, 5.74) is 1.24. The summed E-state index contributed by atoms with van der Waals surface area (Å²) in [5.74, 6) is 0.487. The molecule has 0 aliphatic carbocycles. The number of benzene rings is 1. The molecule has 1 aromatic carbocycles. The van der Waals surface area contributed by atoms with E-state index in [1.54, 1.807) is 0 Å². The fraction of sp³-hybridized carbons (Fsp3) is 0.455. The van der Waals surface area contributed by atoms with Crippen molar-refractivity contribution in [1.29, 1.82) is 0 Å². The van der Waals surface area contributed by atoms with Crippen LogP contribution in [0.4, 0.5) is 0 Å². The summed E-state index contributed by atoms with van der Waals surface area (Å²) in [6.45, 7) is 0.331. The highest BCUT2D eigenvalue weighted by molar-refractivity contribution is 7.86. The summed E-state index contributed by atoms with van der Waals surface area (Å²) in [7, 11) is -3.21. The van der Waals surface area contributed by atoms with Crippen LogP contribution in [0.1, 0.15) is 12.0 Å². The molecule has 0 amide bonds. The van der Waals surface area contributed by atoms with Crippen LogP contribution in [0.2, 0.25) is 0 Å². The van der Waals surface area contributed by atoms with Crippen LogP contribution >= 0.6 is 0 Å². The minimum absolute atomic E-state index is 0.157. The van der Waals surface area contributed by atoms with E-state index >= 15 is 0 Å². The zero-order valence-electron chi connectivity index (χ0n) is 8.43. The molecule has 3 nitrogen and oxygen atoms in total. The third-order valence-corrected chi connectivity index (χ3v) is 3.86. The Morgan fingerprint density at radius 2 is 2.00 bits per heavy atom. The maximum atomic E-state index is 11.0. The molecule has 0 spiro atoms. The Morgan fingerprint density at radius 3 is 2.60 bits per heavy atom. The van der Waals surface area contributed by atoms with Gasteiger partial charge in [-0.1, -0.05) is 30.3 Å². The van der Waals surface area contributed by atoms with Crippen molar-refractivity contribution in [2.75, 3.05) is 12.4 Å². The number of rotatable bonds is 2. The smallest absolute Gasteiger partial charge is 0.267 e. The molecule has 4 heteroatoms. The molecule has 1 aliphatic rings. The van der Waals surface area contributed by atoms with Crippen molar-refractivity contribution >= 4 is 10.1 Å². The molecule has 1 aromatic rings. The van der Waals surface area contributed by atoms with Gasteiger partial charge >= 0.3 is 0 Å². The van der Waals surface area contributed by atoms with Gasteiger partial charge in [0.1, 0.15) is 0 Å². The van der Waals surface area contributed by atoms with Gasteiger partial charge in [-0.15, -0.1) is 0 Å². The van der Waals surface area contributed by atoms with Crippen molar-refractivity contribution in [3.05, 3.63) is 35.9 Å². The van der Waals surface area contributed by atoms with Gasteiger partial charge in [-0.3, -0.25) is 4.18 Å². The molecule has 2 rings (SSSR count). The zero-order chi connectivity index (χ0) is 10.7. The minimum atomic E-state index is -3.21. The first-order chi connectivity index (χ1) is 7.16. The van der Waals surface area contributed by atoms with E-state index in [-0.39, 0.29) is 5.75 Å². The van der Waals surface area contributed by atoms with Gasteiger partial charge in [0.2, 0.25) is 0 Å². The van der Waals surface area contributed by atoms with Crippen LogP contribution in [-0.2, 0) is 20.7 Å². The monoisotopic (exact) mass is 226 g/mol. The molecule has 1 unspecified atom stereocenters. The molecule has 82 valence electrons. The van der Waals surface area contributed by atoms with Gasteiger partial charge in [-0.05, 0) is 24.3 Å². The summed E-state index contributed by atoms with van der Waals surface area (Å²) in [6.07, 6.45) is 1.60. The van der Waals surface area contributed by atoms with Crippen LogP contribution < -0.4 is 0 Å². The molecular weight excluding hydrogens is 212 g/mol. The van der Waals surface area contributed by atoms with E-state index in [2.05, 4.69) is 12.1 Å². The van der Waals surface area contributed by atoms with Gasteiger partial charge in [0.15, 0.2) is 0 Å². The lowest BCUT2D eigenvalue weighted by Gasteiger charge is -2.21. The van der Waals surface area contributed by atoms with Crippen molar-refractivity contribution in [1.82, 2.24) is 0 Å². The lowest BCUT2D eigenvalue weighted by molar-refractivity contribution is 0.226. The fourth-order valence-corrected chi connectivity index (χ4v) is 2.90. The van der Waals surface area contributed by atoms with Gasteiger partial charge in [-0.2, -0.15) is 8.42 Å². The van der Waals surface area contributed by atoms with Crippen molar-refractivity contribution in [3.63, 3.8) is 0 Å². The van der Waals surface area contributed by atoms with Crippen LogP contribution in [0.5, 0.6) is 0 Å². The van der Waals surface area contributed by atoms with Crippen molar-refractivity contribution in [2.45, 2.75) is 12.8 Å². The summed E-state index contributed by atoms with van der Waals surface area (Å²) in [6, 6.07) is 10.1. The highest BCUT2D eigenvalue weighted by atomic mass is 32.2. The van der Waals surface area contributed by atoms with E-state index in [0.717, 1.165) is 6.42 Å². The van der Waals surface area contributed by atoms with Gasteiger partial charge < -0.3 is 0 Å². The Kier molecular flexibility index (Phi) is 3.07. The lowest BCUT2D eigenvalue weighted by atomic mass is 9.98. The summed E-state index contributed by atoms with van der Waals surface area (Å²) < 4.78 is 26.9. The van der Waals surface area contributed by atoms with Gasteiger partial charge in [-0.25, -0.2) is 0 Å². The van der Waals surface area contributed by atoms with Crippen LogP contribution in [0, 0.1) is 5.92 Å². The van der Waals surface area contributed by atoms with E-state index in [9.17, 15) is 8.42 Å². The highest BCUT2D eigenvalue weighted by Crippen LogP contribution is 2.19. The first-order valence-corrected chi connectivity index (χ1v) is 6.64. The second kappa shape index (κ2) is 4.33. The molecule has 0 saturated carbocycles. The second-order valence-corrected chi connectivity index (χ2v) is 5.65. The predicted molar refractivity (Wildman–Crippen MR) is 58.0 cm³/mol. The first-order valence-electron chi connectivity index (χ1n) is 5.07. The Labute approximate surface area is 90.2 Å². The van der Waals surface area contributed by atoms with E-state index < -0.39 is 10.1 Å². The molecule has 0 aromatic heterocycles. The molecule has 1 fully saturated rings. The standard InChI is InChI=1S/C11H14O3S/c12-15(13)7-6-11(9-14-15)8-10-4-2-1-3-5-10/h1-5,11H,6-9H2. The lowest BCUT2D eigenvalue weighted by Crippen LogP contribution is -2.26. The SMILES string of the molecule is O=S1(=O)CCC(Cc2ccccc2)CO1. The van der Waals surface area contributed by atoms with Crippen molar-refractivity contribution < 1.29 is 12.6 Å². The summed E-state index contributed by atoms with van der Waals surface area (Å²) in [4.78, 5) is 0. The van der Waals surface area contributed by atoms with Crippen molar-refractivity contribution in [3.8, 4) is 0 Å². The second-order valence-electron chi connectivity index (χ2n) is 3.89. The first kappa shape index (κ1) is 10.6. The predicted octanol–water partition coefficient (Wildman–Crippen LogP) is 1.60. The zero-order valence-corrected chi connectivity index (χ0v) is 9.24. The molecule has 1 atom stereocenters. The van der Waals surface area contributed by atoms with Gasteiger partial charge in [0.25, 0.3) is 10.1 Å². The normalized spacial score (nSPS) is 24.9. The molecule has 1 heterocycles. The average Bonchev–Trinajstić information content (AvgIpc) is 2.23. The third-order valence-electron chi connectivity index (χ3n) is 2.63. The quantitative estimate of drug-likeness (QED) is 0.719. The van der Waals surface area contributed by atoms with Crippen molar-refractivity contribution in [2.24, 2.45) is 5.92 Å². The van der Waals surface area contributed by atoms with Crippen LogP contribution in [0.25, 0.3) is 0 Å². The van der Waals surface area contributed by atoms with Gasteiger partial charge in [0.05, 0.1) is 12.4 Å². The topological polar surface area (TPSA) is 43.4 Å². The van der Waals surface area contributed by atoms with Crippen LogP contribution in [0.15, 0.2) is 30.3 Å². The molecule has 0 N–H and O–H groups in total. The van der Waals surface area contributed by atoms with Crippen LogP contribution in [0.3, 0.4) is 0 Å². The number of hydrogen-bond donors (Lipinski definition) is 0. The van der Waals surface area contributed by atoms with Gasteiger partial charge in [0, 0.05) is 0 Å². The van der Waals surface area contributed by atoms with E-state index in [1.165, 1.54) is 5.56 Å². The molecule has 1 saturated heterocycles. The largest absolute Gasteiger partial charge is 0.270 e. The number of hydrogen-bond acceptors (Lipinski definition) is 3. The maximum absolute atomic E-state index is 11.0. The molecule has 1 aliphatic heterocycles. The Hall–Kier alpha value is -0.870. The fourth-order valence-electron chi connectivity index (χ4n) is 1.76. The van der Waals surface area contributed by atoms with E-state index in [1.807, 2.05) is 18.2 Å². The molecule has 15 heavy (non-hydrogen) atoms. The average molecular weight is 226 g/mol. The molecule has 0 radical (unpaired) electrons. The van der Waals surface area contributed by atoms with Crippen LogP contribution in [-0.4, -0.2) is 20.8 Å². The maximum Gasteiger partial charge on any atom is 0.267 e. The Morgan fingerprint density at radius 1 is 1.27 bits per heavy atom. The molecular formula is C11H14O3S. The minimum Gasteiger partial charge on any atom is -0.270 e. The summed E-state index contributed by atoms with van der Waals surface area (Å²) in [5, 5.41) is 0. The van der Waals surface area contributed by atoms with E-state index in [0.29, 0.717) is 18.9 Å².